The molecule has 0 aliphatic carbocycles. The van der Waals surface area contributed by atoms with E-state index < -0.39 is 9.84 Å². The minimum atomic E-state index is -3.31. The maximum absolute atomic E-state index is 11.8. The van der Waals surface area contributed by atoms with E-state index >= 15 is 0 Å². The third-order valence-corrected chi connectivity index (χ3v) is 5.01. The van der Waals surface area contributed by atoms with Crippen molar-refractivity contribution in [2.24, 2.45) is 0 Å². The van der Waals surface area contributed by atoms with Gasteiger partial charge in [0.25, 0.3) is 0 Å². The fourth-order valence-electron chi connectivity index (χ4n) is 2.43. The summed E-state index contributed by atoms with van der Waals surface area (Å²) in [4.78, 5) is 8.05. The van der Waals surface area contributed by atoms with Crippen LogP contribution in [-0.2, 0) is 16.4 Å². The number of anilines is 1. The van der Waals surface area contributed by atoms with Gasteiger partial charge in [0.05, 0.1) is 4.90 Å². The number of ether oxygens (including phenoxy) is 1. The zero-order valence-corrected chi connectivity index (χ0v) is 15.5. The first-order chi connectivity index (χ1) is 12.3. The van der Waals surface area contributed by atoms with E-state index in [4.69, 9.17) is 22.1 Å². The van der Waals surface area contributed by atoms with Crippen molar-refractivity contribution in [3.05, 3.63) is 65.3 Å². The Bertz CT molecular complexity index is 1060. The van der Waals surface area contributed by atoms with Crippen molar-refractivity contribution in [3.63, 3.8) is 0 Å². The Balaban J connectivity index is 1.96. The highest BCUT2D eigenvalue weighted by atomic mass is 35.5. The van der Waals surface area contributed by atoms with Crippen LogP contribution < -0.4 is 10.5 Å². The lowest BCUT2D eigenvalue weighted by molar-refractivity contribution is 0.294. The fourth-order valence-corrected chi connectivity index (χ4v) is 3.26. The van der Waals surface area contributed by atoms with Crippen LogP contribution in [0.1, 0.15) is 5.56 Å². The average Bonchev–Trinajstić information content (AvgIpc) is 2.60. The highest BCUT2D eigenvalue weighted by Crippen LogP contribution is 2.29. The van der Waals surface area contributed by atoms with Crippen molar-refractivity contribution >= 4 is 27.4 Å². The van der Waals surface area contributed by atoms with E-state index in [9.17, 15) is 8.42 Å². The molecule has 1 heterocycles. The number of hydrogen-bond acceptors (Lipinski definition) is 6. The van der Waals surface area contributed by atoms with E-state index in [0.29, 0.717) is 10.9 Å². The molecule has 3 rings (SSSR count). The van der Waals surface area contributed by atoms with Crippen LogP contribution in [0, 0.1) is 0 Å². The number of nitrogens with zero attached hydrogens (tertiary/aromatic N) is 2. The lowest BCUT2D eigenvalue weighted by atomic mass is 10.0. The Morgan fingerprint density at radius 1 is 1.15 bits per heavy atom. The van der Waals surface area contributed by atoms with Crippen LogP contribution in [0.15, 0.2) is 59.6 Å². The van der Waals surface area contributed by atoms with Crippen LogP contribution in [0.5, 0.6) is 5.88 Å². The molecule has 3 aromatic rings. The Labute approximate surface area is 156 Å². The first-order valence-corrected chi connectivity index (χ1v) is 9.90. The number of nitrogens with two attached hydrogens (primary N) is 1. The lowest BCUT2D eigenvalue weighted by Gasteiger charge is -2.12. The molecule has 2 N–H and O–H groups in total. The molecule has 0 saturated carbocycles. The molecular weight excluding hydrogens is 374 g/mol. The molecule has 26 heavy (non-hydrogen) atoms. The normalized spacial score (nSPS) is 11.3. The van der Waals surface area contributed by atoms with Crippen molar-refractivity contribution in [2.45, 2.75) is 11.5 Å². The summed E-state index contributed by atoms with van der Waals surface area (Å²) < 4.78 is 29.3. The lowest BCUT2D eigenvalue weighted by Crippen LogP contribution is -2.02. The van der Waals surface area contributed by atoms with Crippen molar-refractivity contribution in [1.82, 2.24) is 9.97 Å². The molecule has 0 atom stereocenters. The number of halogens is 1. The van der Waals surface area contributed by atoms with Crippen LogP contribution in [0.25, 0.3) is 11.1 Å². The molecule has 134 valence electrons. The largest absolute Gasteiger partial charge is 0.473 e. The van der Waals surface area contributed by atoms with E-state index in [1.165, 1.54) is 12.5 Å². The average molecular weight is 390 g/mol. The molecule has 0 saturated heterocycles. The molecular formula is C18H16ClN3O3S. The summed E-state index contributed by atoms with van der Waals surface area (Å²) in [6.07, 6.45) is 2.68. The van der Waals surface area contributed by atoms with Gasteiger partial charge < -0.3 is 10.5 Å². The zero-order valence-electron chi connectivity index (χ0n) is 13.9. The predicted octanol–water partition coefficient (Wildman–Crippen LogP) is 3.36. The van der Waals surface area contributed by atoms with Gasteiger partial charge in [0.2, 0.25) is 11.8 Å². The van der Waals surface area contributed by atoms with Gasteiger partial charge in [0, 0.05) is 23.5 Å². The summed E-state index contributed by atoms with van der Waals surface area (Å²) >= 11 is 6.14. The van der Waals surface area contributed by atoms with E-state index in [-0.39, 0.29) is 17.5 Å². The van der Waals surface area contributed by atoms with Gasteiger partial charge >= 0.3 is 0 Å². The zero-order chi connectivity index (χ0) is 18.7. The predicted molar refractivity (Wildman–Crippen MR) is 101 cm³/mol. The van der Waals surface area contributed by atoms with Gasteiger partial charge in [-0.05, 0) is 41.0 Å². The topological polar surface area (TPSA) is 95.2 Å². The molecule has 0 radical (unpaired) electrons. The van der Waals surface area contributed by atoms with Gasteiger partial charge in [-0.25, -0.2) is 13.4 Å². The summed E-state index contributed by atoms with van der Waals surface area (Å²) in [7, 11) is -3.31. The van der Waals surface area contributed by atoms with Crippen molar-refractivity contribution < 1.29 is 13.2 Å². The number of nitrogen functional groups attached to an aromatic ring is 1. The van der Waals surface area contributed by atoms with Crippen molar-refractivity contribution in [1.29, 1.82) is 0 Å². The highest BCUT2D eigenvalue weighted by molar-refractivity contribution is 7.90. The standard InChI is InChI=1S/C18H16ClN3O3S/c1-26(23,24)15-4-2-3-12(9-15)16-10-14(19)6-5-13(16)11-25-17-7-8-21-18(20)22-17/h2-10H,11H2,1H3,(H2,20,21,22). The highest BCUT2D eigenvalue weighted by Gasteiger charge is 2.12. The second-order valence-corrected chi connectivity index (χ2v) is 8.10. The third kappa shape index (κ3) is 4.30. The molecule has 0 fully saturated rings. The van der Waals surface area contributed by atoms with Crippen LogP contribution in [0.4, 0.5) is 5.95 Å². The summed E-state index contributed by atoms with van der Waals surface area (Å²) in [6.45, 7) is 0.214. The maximum Gasteiger partial charge on any atom is 0.223 e. The summed E-state index contributed by atoms with van der Waals surface area (Å²) in [5.74, 6) is 0.475. The van der Waals surface area contributed by atoms with Crippen molar-refractivity contribution in [3.8, 4) is 17.0 Å². The first kappa shape index (κ1) is 18.2. The Hall–Kier alpha value is -2.64. The van der Waals surface area contributed by atoms with Crippen molar-refractivity contribution in [2.75, 3.05) is 12.0 Å². The smallest absolute Gasteiger partial charge is 0.223 e. The number of benzene rings is 2. The second-order valence-electron chi connectivity index (χ2n) is 5.64. The Morgan fingerprint density at radius 3 is 2.69 bits per heavy atom. The number of aromatic nitrogens is 2. The molecule has 0 bridgehead atoms. The summed E-state index contributed by atoms with van der Waals surface area (Å²) in [6, 6.07) is 13.7. The van der Waals surface area contributed by atoms with Crippen LogP contribution in [-0.4, -0.2) is 24.6 Å². The Morgan fingerprint density at radius 2 is 1.96 bits per heavy atom. The van der Waals surface area contributed by atoms with E-state index in [1.807, 2.05) is 12.1 Å². The molecule has 0 aliphatic heterocycles. The third-order valence-electron chi connectivity index (χ3n) is 3.67. The maximum atomic E-state index is 11.8. The van der Waals surface area contributed by atoms with Gasteiger partial charge in [0.15, 0.2) is 9.84 Å². The van der Waals surface area contributed by atoms with Gasteiger partial charge in [0.1, 0.15) is 6.61 Å². The summed E-state index contributed by atoms with van der Waals surface area (Å²) in [5.41, 5.74) is 7.90. The van der Waals surface area contributed by atoms with Gasteiger partial charge in [-0.3, -0.25) is 0 Å². The minimum absolute atomic E-state index is 0.125. The van der Waals surface area contributed by atoms with E-state index in [2.05, 4.69) is 9.97 Å². The minimum Gasteiger partial charge on any atom is -0.473 e. The molecule has 0 aliphatic rings. The van der Waals surface area contributed by atoms with Gasteiger partial charge in [-0.2, -0.15) is 4.98 Å². The SMILES string of the molecule is CS(=O)(=O)c1cccc(-c2cc(Cl)ccc2COc2ccnc(N)n2)c1. The van der Waals surface area contributed by atoms with E-state index in [1.54, 1.807) is 36.4 Å². The first-order valence-electron chi connectivity index (χ1n) is 7.63. The van der Waals surface area contributed by atoms with Crippen LogP contribution in [0.2, 0.25) is 5.02 Å². The molecule has 0 spiro atoms. The fraction of sp³-hybridized carbons (Fsp3) is 0.111. The molecule has 2 aromatic carbocycles. The van der Waals surface area contributed by atoms with Gasteiger partial charge in [-0.1, -0.05) is 29.8 Å². The van der Waals surface area contributed by atoms with Gasteiger partial charge in [-0.15, -0.1) is 0 Å². The number of sulfone groups is 1. The molecule has 8 heteroatoms. The second kappa shape index (κ2) is 7.31. The summed E-state index contributed by atoms with van der Waals surface area (Å²) in [5, 5.41) is 0.541. The van der Waals surface area contributed by atoms with Crippen LogP contribution >= 0.6 is 11.6 Å². The molecule has 0 amide bonds. The number of rotatable bonds is 5. The van der Waals surface area contributed by atoms with E-state index in [0.717, 1.165) is 16.7 Å². The molecule has 0 unspecified atom stereocenters. The number of hydrogen-bond donors (Lipinski definition) is 1. The quantitative estimate of drug-likeness (QED) is 0.718. The molecule has 6 nitrogen and oxygen atoms in total. The Kier molecular flexibility index (Phi) is 5.11. The molecule has 1 aromatic heterocycles. The monoisotopic (exact) mass is 389 g/mol. The van der Waals surface area contributed by atoms with Crippen LogP contribution in [0.3, 0.4) is 0 Å².